The predicted molar refractivity (Wildman–Crippen MR) is 263 cm³/mol. The number of carbonyl (C=O) groups is 12. The summed E-state index contributed by atoms with van der Waals surface area (Å²) in [6, 6.07) is 0. The Kier molecular flexibility index (Phi) is 31.3. The molecule has 24 nitrogen and oxygen atoms in total. The molecular weight excluding hydrogens is 985 g/mol. The molecule has 0 unspecified atom stereocenters. The van der Waals surface area contributed by atoms with Crippen LogP contribution >= 0.6 is 0 Å². The van der Waals surface area contributed by atoms with Crippen molar-refractivity contribution in [1.82, 2.24) is 31.1 Å². The molecule has 3 aliphatic heterocycles. The first-order valence-corrected chi connectivity index (χ1v) is 26.9. The average molecular weight is 1070 g/mol. The number of imide groups is 3. The van der Waals surface area contributed by atoms with Crippen LogP contribution in [0.5, 0.6) is 0 Å². The normalized spacial score (nSPS) is 14.8. The van der Waals surface area contributed by atoms with Gasteiger partial charge in [0.2, 0.25) is 17.7 Å². The molecule has 75 heavy (non-hydrogen) atoms. The molecule has 9 amide bonds. The topological polar surface area (TPSA) is 306 Å². The summed E-state index contributed by atoms with van der Waals surface area (Å²) in [6.07, 6.45) is 12.7. The van der Waals surface area contributed by atoms with Gasteiger partial charge in [0, 0.05) is 102 Å². The molecule has 3 saturated heterocycles. The zero-order chi connectivity index (χ0) is 54.7. The third-order valence-electron chi connectivity index (χ3n) is 12.6. The third kappa shape index (κ3) is 27.0. The Morgan fingerprint density at radius 3 is 0.867 bits per heavy atom. The second kappa shape index (κ2) is 37.0. The van der Waals surface area contributed by atoms with Gasteiger partial charge in [-0.15, -0.1) is 15.2 Å². The van der Waals surface area contributed by atoms with Gasteiger partial charge in [0.05, 0.1) is 39.6 Å². The fraction of sp³-hybridized carbons (Fsp3) is 0.765. The SMILES string of the molecule is CCC(COCCC(=O)NCCCCCCCC(=O)ON1C(=O)CCC1=O)(COCCC(=O)NCCCCCCCC(=O)ON1C(=O)CCC1=O)COCCC(=O)NCCCCCCCC(=O)ON1C(=O)CCC1=O. The van der Waals surface area contributed by atoms with Crippen molar-refractivity contribution in [2.75, 3.05) is 59.3 Å². The summed E-state index contributed by atoms with van der Waals surface area (Å²) in [5, 5.41) is 10.3. The minimum absolute atomic E-state index is 0.0452. The number of hydrogen-bond acceptors (Lipinski definition) is 18. The zero-order valence-electron chi connectivity index (χ0n) is 43.9. The second-order valence-corrected chi connectivity index (χ2v) is 19.0. The monoisotopic (exact) mass is 1060 g/mol. The molecule has 0 radical (unpaired) electrons. The highest BCUT2D eigenvalue weighted by atomic mass is 16.7. The van der Waals surface area contributed by atoms with Crippen LogP contribution in [-0.4, -0.2) is 146 Å². The quantitative estimate of drug-likeness (QED) is 0.0578. The van der Waals surface area contributed by atoms with Crippen LogP contribution in [0.1, 0.15) is 187 Å². The maximum atomic E-state index is 12.6. The number of amides is 9. The largest absolute Gasteiger partial charge is 0.380 e. The van der Waals surface area contributed by atoms with Gasteiger partial charge < -0.3 is 44.7 Å². The fourth-order valence-corrected chi connectivity index (χ4v) is 7.93. The lowest BCUT2D eigenvalue weighted by molar-refractivity contribution is -0.197. The molecule has 0 aromatic heterocycles. The molecule has 3 rings (SSSR count). The Labute approximate surface area is 438 Å². The summed E-state index contributed by atoms with van der Waals surface area (Å²) in [6.45, 7) is 4.44. The maximum Gasteiger partial charge on any atom is 0.333 e. The van der Waals surface area contributed by atoms with E-state index in [1.165, 1.54) is 0 Å². The average Bonchev–Trinajstić information content (AvgIpc) is 4.00. The highest BCUT2D eigenvalue weighted by Crippen LogP contribution is 2.25. The highest BCUT2D eigenvalue weighted by Gasteiger charge is 2.35. The van der Waals surface area contributed by atoms with Gasteiger partial charge in [0.15, 0.2) is 0 Å². The molecular formula is C51H80N6O18. The molecule has 0 atom stereocenters. The van der Waals surface area contributed by atoms with Gasteiger partial charge in [-0.3, -0.25) is 43.2 Å². The van der Waals surface area contributed by atoms with E-state index in [9.17, 15) is 57.5 Å². The molecule has 24 heteroatoms. The van der Waals surface area contributed by atoms with E-state index in [-0.39, 0.29) is 134 Å². The van der Waals surface area contributed by atoms with Crippen LogP contribution in [0.3, 0.4) is 0 Å². The number of ether oxygens (including phenoxy) is 3. The van der Waals surface area contributed by atoms with E-state index >= 15 is 0 Å². The minimum atomic E-state index is -0.636. The van der Waals surface area contributed by atoms with Crippen LogP contribution in [0.4, 0.5) is 0 Å². The first-order chi connectivity index (χ1) is 36.1. The van der Waals surface area contributed by atoms with Crippen molar-refractivity contribution >= 4 is 71.1 Å². The first-order valence-electron chi connectivity index (χ1n) is 26.9. The Balaban J connectivity index is 1.28. The van der Waals surface area contributed by atoms with Gasteiger partial charge in [-0.05, 0) is 44.9 Å². The number of hydroxylamine groups is 6. The van der Waals surface area contributed by atoms with Crippen molar-refractivity contribution in [3.63, 3.8) is 0 Å². The summed E-state index contributed by atoms with van der Waals surface area (Å²) in [5.41, 5.74) is -0.636. The molecule has 3 N–H and O–H groups in total. The minimum Gasteiger partial charge on any atom is -0.380 e. The van der Waals surface area contributed by atoms with Crippen LogP contribution in [0, 0.1) is 5.41 Å². The molecule has 422 valence electrons. The zero-order valence-corrected chi connectivity index (χ0v) is 43.9. The lowest BCUT2D eigenvalue weighted by Gasteiger charge is -2.32. The second-order valence-electron chi connectivity index (χ2n) is 19.0. The number of carbonyl (C=O) groups excluding carboxylic acids is 12. The molecule has 3 aliphatic rings. The van der Waals surface area contributed by atoms with Gasteiger partial charge in [-0.25, -0.2) is 14.4 Å². The third-order valence-corrected chi connectivity index (χ3v) is 12.6. The van der Waals surface area contributed by atoms with Crippen molar-refractivity contribution < 1.29 is 86.3 Å². The standard InChI is InChI=1S/C51H80N6O18/c1-2-51(36-70-33-27-39(58)52-30-15-9-3-6-12-18-48(67)73-55-42(61)21-22-43(55)62,37-71-34-28-40(59)53-31-16-10-4-7-13-19-49(68)74-56-44(63)23-24-45(56)64)38-72-35-29-41(60)54-32-17-11-5-8-14-20-50(69)75-57-46(65)25-26-47(57)66/h2-38H2,1H3,(H,52,58)(H,53,59)(H,54,60). The van der Waals surface area contributed by atoms with E-state index in [0.717, 1.165) is 77.0 Å². The van der Waals surface area contributed by atoms with Crippen LogP contribution in [0.15, 0.2) is 0 Å². The number of nitrogens with one attached hydrogen (secondary N) is 3. The van der Waals surface area contributed by atoms with Gasteiger partial charge >= 0.3 is 17.9 Å². The van der Waals surface area contributed by atoms with Gasteiger partial charge in [-0.2, -0.15) is 0 Å². The van der Waals surface area contributed by atoms with Gasteiger partial charge in [-0.1, -0.05) is 64.7 Å². The number of rotatable bonds is 43. The summed E-state index contributed by atoms with van der Waals surface area (Å²) in [5.74, 6) is -5.41. The summed E-state index contributed by atoms with van der Waals surface area (Å²) in [4.78, 5) is 158. The number of unbranched alkanes of at least 4 members (excludes halogenated alkanes) is 12. The van der Waals surface area contributed by atoms with E-state index in [1.807, 2.05) is 6.92 Å². The van der Waals surface area contributed by atoms with Crippen molar-refractivity contribution in [3.8, 4) is 0 Å². The van der Waals surface area contributed by atoms with E-state index in [0.29, 0.717) is 60.5 Å². The molecule has 0 saturated carbocycles. The van der Waals surface area contributed by atoms with Crippen LogP contribution in [-0.2, 0) is 86.3 Å². The Hall–Kier alpha value is -5.88. The molecule has 3 fully saturated rings. The van der Waals surface area contributed by atoms with E-state index < -0.39 is 58.8 Å². The number of hydrogen-bond donors (Lipinski definition) is 3. The molecule has 0 spiro atoms. The highest BCUT2D eigenvalue weighted by molar-refractivity contribution is 6.02. The maximum absolute atomic E-state index is 12.6. The Bertz CT molecular complexity index is 1660. The van der Waals surface area contributed by atoms with Crippen LogP contribution < -0.4 is 16.0 Å². The van der Waals surface area contributed by atoms with Crippen LogP contribution in [0.25, 0.3) is 0 Å². The lowest BCUT2D eigenvalue weighted by Crippen LogP contribution is -2.38. The smallest absolute Gasteiger partial charge is 0.333 e. The molecule has 0 aromatic rings. The fourth-order valence-electron chi connectivity index (χ4n) is 7.93. The number of nitrogens with zero attached hydrogens (tertiary/aromatic N) is 3. The van der Waals surface area contributed by atoms with Gasteiger partial charge in [0.25, 0.3) is 35.4 Å². The summed E-state index contributed by atoms with van der Waals surface area (Å²) >= 11 is 0. The van der Waals surface area contributed by atoms with Crippen molar-refractivity contribution in [3.05, 3.63) is 0 Å². The Morgan fingerprint density at radius 2 is 0.613 bits per heavy atom. The lowest BCUT2D eigenvalue weighted by atomic mass is 9.88. The van der Waals surface area contributed by atoms with Crippen molar-refractivity contribution in [2.45, 2.75) is 187 Å². The van der Waals surface area contributed by atoms with E-state index in [1.54, 1.807) is 0 Å². The van der Waals surface area contributed by atoms with Crippen molar-refractivity contribution in [1.29, 1.82) is 0 Å². The van der Waals surface area contributed by atoms with Crippen LogP contribution in [0.2, 0.25) is 0 Å². The molecule has 0 bridgehead atoms. The predicted octanol–water partition coefficient (Wildman–Crippen LogP) is 3.79. The molecule has 0 aromatic carbocycles. The summed E-state index contributed by atoms with van der Waals surface area (Å²) < 4.78 is 18.0. The van der Waals surface area contributed by atoms with E-state index in [2.05, 4.69) is 16.0 Å². The van der Waals surface area contributed by atoms with E-state index in [4.69, 9.17) is 28.7 Å². The molecule has 0 aliphatic carbocycles. The summed E-state index contributed by atoms with van der Waals surface area (Å²) in [7, 11) is 0. The van der Waals surface area contributed by atoms with Crippen molar-refractivity contribution in [2.24, 2.45) is 5.41 Å². The molecule has 3 heterocycles. The Morgan fingerprint density at radius 1 is 0.373 bits per heavy atom. The first kappa shape index (κ1) is 63.4. The van der Waals surface area contributed by atoms with Gasteiger partial charge in [0.1, 0.15) is 0 Å².